The summed E-state index contributed by atoms with van der Waals surface area (Å²) in [6.45, 7) is 0.571. The maximum absolute atomic E-state index is 13.0. The maximum Gasteiger partial charge on any atom is 0.242 e. The topological polar surface area (TPSA) is 44.4 Å². The van der Waals surface area contributed by atoms with E-state index in [2.05, 4.69) is 16.8 Å². The predicted octanol–water partition coefficient (Wildman–Crippen LogP) is 2.40. The van der Waals surface area contributed by atoms with Gasteiger partial charge >= 0.3 is 0 Å². The number of hydrogen-bond donors (Lipinski definition) is 2. The number of rotatable bonds is 5. The third kappa shape index (κ3) is 4.24. The van der Waals surface area contributed by atoms with Gasteiger partial charge in [-0.3, -0.25) is 4.79 Å². The average Bonchev–Trinajstić information content (AvgIpc) is 3.13. The Bertz CT molecular complexity index is 755. The molecule has 4 nitrogen and oxygen atoms in total. The molecule has 2 aromatic rings. The summed E-state index contributed by atoms with van der Waals surface area (Å²) in [5, 5.41) is 0. The average molecular weight is 337 g/mol. The monoisotopic (exact) mass is 337 g/mol. The van der Waals surface area contributed by atoms with Crippen molar-refractivity contribution in [3.8, 4) is 12.3 Å². The van der Waals surface area contributed by atoms with E-state index in [1.165, 1.54) is 12.1 Å². The third-order valence-corrected chi connectivity index (χ3v) is 4.28. The number of hydrogen-bond acceptors (Lipinski definition) is 3. The van der Waals surface area contributed by atoms with Crippen LogP contribution >= 0.6 is 0 Å². The lowest BCUT2D eigenvalue weighted by atomic mass is 10.0. The lowest BCUT2D eigenvalue weighted by Gasteiger charge is -2.23. The van der Waals surface area contributed by atoms with Crippen molar-refractivity contribution >= 4 is 5.91 Å². The van der Waals surface area contributed by atoms with Crippen LogP contribution in [0.1, 0.15) is 23.6 Å². The fourth-order valence-electron chi connectivity index (χ4n) is 2.97. The van der Waals surface area contributed by atoms with Crippen LogP contribution in [-0.2, 0) is 11.3 Å². The molecule has 2 aromatic carbocycles. The molecule has 0 spiro atoms. The van der Waals surface area contributed by atoms with Crippen LogP contribution in [0.5, 0.6) is 0 Å². The zero-order valence-corrected chi connectivity index (χ0v) is 13.8. The second-order valence-corrected chi connectivity index (χ2v) is 6.07. The number of carbonyl (C=O) groups excluding carboxylic acids is 1. The Kier molecular flexibility index (Phi) is 5.44. The van der Waals surface area contributed by atoms with Crippen LogP contribution in [0, 0.1) is 18.2 Å². The highest BCUT2D eigenvalue weighted by atomic mass is 19.1. The lowest BCUT2D eigenvalue weighted by Crippen LogP contribution is -2.45. The van der Waals surface area contributed by atoms with Gasteiger partial charge in [0.15, 0.2) is 0 Å². The van der Waals surface area contributed by atoms with Gasteiger partial charge in [0.05, 0.1) is 6.54 Å². The number of benzene rings is 2. The lowest BCUT2D eigenvalue weighted by molar-refractivity contribution is -0.133. The van der Waals surface area contributed by atoms with Crippen molar-refractivity contribution in [1.29, 1.82) is 0 Å². The minimum atomic E-state index is -0.348. The van der Waals surface area contributed by atoms with Gasteiger partial charge in [0.25, 0.3) is 0 Å². The molecule has 1 fully saturated rings. The number of nitrogens with one attached hydrogen (secondary N) is 2. The molecule has 2 N–H and O–H groups in total. The first-order valence-corrected chi connectivity index (χ1v) is 8.20. The molecule has 2 atom stereocenters. The predicted molar refractivity (Wildman–Crippen MR) is 94.5 cm³/mol. The van der Waals surface area contributed by atoms with E-state index in [1.807, 2.05) is 30.3 Å². The molecule has 0 aliphatic carbocycles. The summed E-state index contributed by atoms with van der Waals surface area (Å²) in [4.78, 5) is 14.4. The van der Waals surface area contributed by atoms with Crippen molar-refractivity contribution in [3.63, 3.8) is 0 Å². The quantitative estimate of drug-likeness (QED) is 0.824. The minimum Gasteiger partial charge on any atom is -0.326 e. The highest BCUT2D eigenvalue weighted by Gasteiger charge is 2.32. The van der Waals surface area contributed by atoms with Crippen LogP contribution in [0.2, 0.25) is 0 Å². The van der Waals surface area contributed by atoms with E-state index in [-0.39, 0.29) is 30.4 Å². The SMILES string of the molecule is C#CCN(Cc1ccc(F)cc1)C(=O)C1CC(c2ccccc2)NN1. The molecule has 1 heterocycles. The Labute approximate surface area is 147 Å². The molecular weight excluding hydrogens is 317 g/mol. The molecule has 5 heteroatoms. The normalized spacial score (nSPS) is 19.4. The number of hydrazine groups is 1. The summed E-state index contributed by atoms with van der Waals surface area (Å²) in [5.74, 6) is 2.17. The molecule has 1 aliphatic rings. The molecule has 0 radical (unpaired) electrons. The van der Waals surface area contributed by atoms with E-state index < -0.39 is 0 Å². The first-order chi connectivity index (χ1) is 12.2. The Morgan fingerprint density at radius 2 is 1.88 bits per heavy atom. The Morgan fingerprint density at radius 3 is 2.56 bits per heavy atom. The van der Waals surface area contributed by atoms with Gasteiger partial charge in [0.2, 0.25) is 5.91 Å². The van der Waals surface area contributed by atoms with Crippen LogP contribution in [0.4, 0.5) is 4.39 Å². The van der Waals surface area contributed by atoms with Gasteiger partial charge in [0, 0.05) is 12.6 Å². The zero-order valence-electron chi connectivity index (χ0n) is 13.8. The number of terminal acetylenes is 1. The number of amides is 1. The van der Waals surface area contributed by atoms with E-state index in [1.54, 1.807) is 17.0 Å². The van der Waals surface area contributed by atoms with Crippen molar-refractivity contribution in [2.75, 3.05) is 6.54 Å². The van der Waals surface area contributed by atoms with Crippen molar-refractivity contribution in [2.24, 2.45) is 0 Å². The Hall–Kier alpha value is -2.68. The molecule has 1 amide bonds. The Morgan fingerprint density at radius 1 is 1.16 bits per heavy atom. The van der Waals surface area contributed by atoms with E-state index >= 15 is 0 Å². The Balaban J connectivity index is 1.66. The molecule has 25 heavy (non-hydrogen) atoms. The highest BCUT2D eigenvalue weighted by Crippen LogP contribution is 2.23. The number of carbonyl (C=O) groups is 1. The van der Waals surface area contributed by atoms with Crippen molar-refractivity contribution in [2.45, 2.75) is 25.0 Å². The van der Waals surface area contributed by atoms with Gasteiger partial charge in [-0.05, 0) is 29.7 Å². The number of nitrogens with zero attached hydrogens (tertiary/aromatic N) is 1. The third-order valence-electron chi connectivity index (χ3n) is 4.28. The summed E-state index contributed by atoms with van der Waals surface area (Å²) < 4.78 is 13.0. The zero-order chi connectivity index (χ0) is 17.6. The van der Waals surface area contributed by atoms with Crippen molar-refractivity contribution in [3.05, 3.63) is 71.5 Å². The van der Waals surface area contributed by atoms with Crippen molar-refractivity contribution in [1.82, 2.24) is 15.8 Å². The summed E-state index contributed by atoms with van der Waals surface area (Å²) in [7, 11) is 0. The molecule has 3 rings (SSSR count). The standard InChI is InChI=1S/C20H20FN3O/c1-2-12-24(14-15-8-10-17(21)11-9-15)20(25)19-13-18(22-23-19)16-6-4-3-5-7-16/h1,3-11,18-19,22-23H,12-14H2. The largest absolute Gasteiger partial charge is 0.326 e. The fraction of sp³-hybridized carbons (Fsp3) is 0.250. The summed E-state index contributed by atoms with van der Waals surface area (Å²) in [5.41, 5.74) is 8.22. The van der Waals surface area contributed by atoms with Gasteiger partial charge in [0.1, 0.15) is 11.9 Å². The second kappa shape index (κ2) is 7.93. The molecule has 128 valence electrons. The fourth-order valence-corrected chi connectivity index (χ4v) is 2.97. The summed E-state index contributed by atoms with van der Waals surface area (Å²) in [6.07, 6.45) is 6.07. The van der Waals surface area contributed by atoms with Crippen LogP contribution in [-0.4, -0.2) is 23.4 Å². The van der Waals surface area contributed by atoms with Crippen LogP contribution < -0.4 is 10.9 Å². The summed E-state index contributed by atoms with van der Waals surface area (Å²) >= 11 is 0. The molecule has 2 unspecified atom stereocenters. The molecule has 0 aromatic heterocycles. The summed E-state index contributed by atoms with van der Waals surface area (Å²) in [6, 6.07) is 15.8. The van der Waals surface area contributed by atoms with Crippen LogP contribution in [0.3, 0.4) is 0 Å². The van der Waals surface area contributed by atoms with E-state index in [0.717, 1.165) is 11.1 Å². The van der Waals surface area contributed by atoms with Crippen LogP contribution in [0.15, 0.2) is 54.6 Å². The van der Waals surface area contributed by atoms with E-state index in [9.17, 15) is 9.18 Å². The van der Waals surface area contributed by atoms with Gasteiger partial charge in [-0.2, -0.15) is 0 Å². The van der Waals surface area contributed by atoms with Crippen LogP contribution in [0.25, 0.3) is 0 Å². The minimum absolute atomic E-state index is 0.0618. The smallest absolute Gasteiger partial charge is 0.242 e. The second-order valence-electron chi connectivity index (χ2n) is 6.07. The molecule has 1 aliphatic heterocycles. The number of halogens is 1. The molecule has 0 bridgehead atoms. The van der Waals surface area contributed by atoms with Gasteiger partial charge in [-0.1, -0.05) is 48.4 Å². The van der Waals surface area contributed by atoms with Gasteiger partial charge in [-0.25, -0.2) is 15.2 Å². The molecule has 0 saturated carbocycles. The van der Waals surface area contributed by atoms with E-state index in [4.69, 9.17) is 6.42 Å². The van der Waals surface area contributed by atoms with E-state index in [0.29, 0.717) is 13.0 Å². The van der Waals surface area contributed by atoms with Gasteiger partial charge in [-0.15, -0.1) is 6.42 Å². The van der Waals surface area contributed by atoms with Gasteiger partial charge < -0.3 is 4.90 Å². The highest BCUT2D eigenvalue weighted by molar-refractivity contribution is 5.82. The maximum atomic E-state index is 13.0. The molecular formula is C20H20FN3O. The van der Waals surface area contributed by atoms with Crippen molar-refractivity contribution < 1.29 is 9.18 Å². The first kappa shape index (κ1) is 17.2. The first-order valence-electron chi connectivity index (χ1n) is 8.20. The molecule has 1 saturated heterocycles.